The van der Waals surface area contributed by atoms with Crippen LogP contribution in [0.3, 0.4) is 0 Å². The average molecular weight is 309 g/mol. The second-order valence-corrected chi connectivity index (χ2v) is 6.84. The lowest BCUT2D eigenvalue weighted by Crippen LogP contribution is -2.46. The Balaban J connectivity index is 1.99. The van der Waals surface area contributed by atoms with Crippen LogP contribution < -0.4 is 0 Å². The van der Waals surface area contributed by atoms with E-state index in [2.05, 4.69) is 0 Å². The third-order valence-electron chi connectivity index (χ3n) is 5.65. The van der Waals surface area contributed by atoms with E-state index in [1.54, 1.807) is 4.90 Å². The lowest BCUT2D eigenvalue weighted by atomic mass is 9.65. The Morgan fingerprint density at radius 3 is 2.27 bits per heavy atom. The van der Waals surface area contributed by atoms with Gasteiger partial charge < -0.3 is 4.90 Å². The predicted molar refractivity (Wildman–Crippen MR) is 78.4 cm³/mol. The van der Waals surface area contributed by atoms with E-state index >= 15 is 0 Å². The van der Waals surface area contributed by atoms with Crippen LogP contribution in [-0.2, 0) is 9.59 Å². The Bertz CT molecular complexity index is 533. The van der Waals surface area contributed by atoms with Gasteiger partial charge in [-0.05, 0) is 31.9 Å². The number of ketones is 1. The molecule has 3 rings (SSSR count). The van der Waals surface area contributed by atoms with Crippen molar-refractivity contribution in [2.45, 2.75) is 51.5 Å². The number of carbonyl (C=O) groups excluding carboxylic acids is 2. The first-order valence-electron chi connectivity index (χ1n) is 7.92. The number of hydrogen-bond acceptors (Lipinski definition) is 2. The highest BCUT2D eigenvalue weighted by Gasteiger charge is 2.64. The molecule has 0 aromatic heterocycles. The maximum Gasteiger partial charge on any atom is 0.253 e. The van der Waals surface area contributed by atoms with E-state index in [0.29, 0.717) is 0 Å². The van der Waals surface area contributed by atoms with Crippen molar-refractivity contribution in [2.75, 3.05) is 6.54 Å². The molecule has 1 heterocycles. The van der Waals surface area contributed by atoms with Crippen molar-refractivity contribution < 1.29 is 18.4 Å². The van der Waals surface area contributed by atoms with E-state index in [9.17, 15) is 18.4 Å². The summed E-state index contributed by atoms with van der Waals surface area (Å²) in [5.41, 5.74) is -2.87. The van der Waals surface area contributed by atoms with Crippen LogP contribution >= 0.6 is 0 Å². The van der Waals surface area contributed by atoms with E-state index in [1.807, 2.05) is 0 Å². The van der Waals surface area contributed by atoms with Crippen LogP contribution in [0.1, 0.15) is 39.0 Å². The molecule has 0 N–H and O–H groups in total. The second-order valence-electron chi connectivity index (χ2n) is 6.84. The van der Waals surface area contributed by atoms with E-state index in [0.717, 1.165) is 32.1 Å². The number of allylic oxidation sites excluding steroid dienone is 2. The lowest BCUT2D eigenvalue weighted by molar-refractivity contribution is -0.147. The van der Waals surface area contributed by atoms with Gasteiger partial charge in [0, 0.05) is 18.0 Å². The highest BCUT2D eigenvalue weighted by atomic mass is 19.3. The second kappa shape index (κ2) is 5.28. The summed E-state index contributed by atoms with van der Waals surface area (Å²) in [4.78, 5) is 25.9. The summed E-state index contributed by atoms with van der Waals surface area (Å²) in [5, 5.41) is 0. The Labute approximate surface area is 129 Å². The monoisotopic (exact) mass is 309 g/mol. The van der Waals surface area contributed by atoms with Crippen LogP contribution in [0.2, 0.25) is 0 Å². The molecule has 1 saturated heterocycles. The first-order chi connectivity index (χ1) is 10.4. The van der Waals surface area contributed by atoms with Crippen molar-refractivity contribution in [3.63, 3.8) is 0 Å². The minimum absolute atomic E-state index is 0.0538. The zero-order valence-corrected chi connectivity index (χ0v) is 12.7. The van der Waals surface area contributed by atoms with Crippen LogP contribution in [-0.4, -0.2) is 35.6 Å². The number of alkyl halides is 2. The lowest BCUT2D eigenvalue weighted by Gasteiger charge is -2.36. The summed E-state index contributed by atoms with van der Waals surface area (Å²) in [6.45, 7) is 1.59. The van der Waals surface area contributed by atoms with Gasteiger partial charge in [0.05, 0.1) is 0 Å². The fourth-order valence-electron chi connectivity index (χ4n) is 4.02. The molecule has 3 nitrogen and oxygen atoms in total. The molecule has 1 atom stereocenters. The molecule has 0 bridgehead atoms. The van der Waals surface area contributed by atoms with Crippen molar-refractivity contribution in [1.29, 1.82) is 0 Å². The number of rotatable bonds is 2. The molecule has 1 spiro atoms. The largest absolute Gasteiger partial charge is 0.338 e. The maximum atomic E-state index is 13.8. The average Bonchev–Trinajstić information content (AvgIpc) is 2.74. The standard InChI is InChI=1S/C17H21F2NO2/c1-16(14(18)19)15(22)20(12-5-3-2-4-6-12)11-17(16)9-7-13(21)8-10-17/h7-10,12,14H,2-6,11H2,1H3. The molecule has 1 amide bonds. The molecule has 3 aliphatic rings. The molecular weight excluding hydrogens is 288 g/mol. The van der Waals surface area contributed by atoms with Crippen molar-refractivity contribution in [1.82, 2.24) is 4.90 Å². The zero-order valence-electron chi connectivity index (χ0n) is 12.7. The minimum atomic E-state index is -2.77. The van der Waals surface area contributed by atoms with Crippen LogP contribution in [0, 0.1) is 10.8 Å². The number of nitrogens with zero attached hydrogens (tertiary/aromatic N) is 1. The molecule has 1 saturated carbocycles. The van der Waals surface area contributed by atoms with E-state index in [4.69, 9.17) is 0 Å². The molecular formula is C17H21F2NO2. The summed E-state index contributed by atoms with van der Waals surface area (Å²) in [6.07, 6.45) is 7.89. The maximum absolute atomic E-state index is 13.8. The quantitative estimate of drug-likeness (QED) is 0.786. The van der Waals surface area contributed by atoms with Gasteiger partial charge in [0.2, 0.25) is 5.91 Å². The Hall–Kier alpha value is -1.52. The topological polar surface area (TPSA) is 37.4 Å². The molecule has 0 aromatic carbocycles. The van der Waals surface area contributed by atoms with Gasteiger partial charge in [0.25, 0.3) is 6.43 Å². The number of likely N-dealkylation sites (tertiary alicyclic amines) is 1. The van der Waals surface area contributed by atoms with Gasteiger partial charge >= 0.3 is 0 Å². The number of halogens is 2. The molecule has 5 heteroatoms. The molecule has 2 fully saturated rings. The number of carbonyl (C=O) groups is 2. The molecule has 0 radical (unpaired) electrons. The summed E-state index contributed by atoms with van der Waals surface area (Å²) in [7, 11) is 0. The fourth-order valence-corrected chi connectivity index (χ4v) is 4.02. The Morgan fingerprint density at radius 2 is 1.73 bits per heavy atom. The molecule has 2 aliphatic carbocycles. The van der Waals surface area contributed by atoms with Gasteiger partial charge in [-0.3, -0.25) is 9.59 Å². The third-order valence-corrected chi connectivity index (χ3v) is 5.65. The Morgan fingerprint density at radius 1 is 1.14 bits per heavy atom. The van der Waals surface area contributed by atoms with E-state index in [-0.39, 0.29) is 18.4 Å². The van der Waals surface area contributed by atoms with Gasteiger partial charge in [-0.15, -0.1) is 0 Å². The van der Waals surface area contributed by atoms with Gasteiger partial charge in [-0.25, -0.2) is 8.78 Å². The van der Waals surface area contributed by atoms with Gasteiger partial charge in [0.1, 0.15) is 5.41 Å². The molecule has 120 valence electrons. The van der Waals surface area contributed by atoms with Crippen molar-refractivity contribution in [3.05, 3.63) is 24.3 Å². The zero-order chi connectivity index (χ0) is 16.0. The number of hydrogen-bond donors (Lipinski definition) is 0. The highest BCUT2D eigenvalue weighted by molar-refractivity contribution is 6.01. The summed E-state index contributed by atoms with van der Waals surface area (Å²) < 4.78 is 27.7. The predicted octanol–water partition coefficient (Wildman–Crippen LogP) is 3.11. The van der Waals surface area contributed by atoms with Crippen molar-refractivity contribution >= 4 is 11.7 Å². The van der Waals surface area contributed by atoms with Crippen LogP contribution in [0.4, 0.5) is 8.78 Å². The SMILES string of the molecule is CC1(C(F)F)C(=O)N(C2CCCCC2)CC12C=CC(=O)C=C2. The van der Waals surface area contributed by atoms with Crippen LogP contribution in [0.15, 0.2) is 24.3 Å². The smallest absolute Gasteiger partial charge is 0.253 e. The van der Waals surface area contributed by atoms with Gasteiger partial charge in [0.15, 0.2) is 5.78 Å². The normalized spacial score (nSPS) is 31.7. The first-order valence-corrected chi connectivity index (χ1v) is 7.92. The molecule has 1 aliphatic heterocycles. The van der Waals surface area contributed by atoms with Crippen molar-refractivity contribution in [2.24, 2.45) is 10.8 Å². The highest BCUT2D eigenvalue weighted by Crippen LogP contribution is 2.54. The summed E-state index contributed by atoms with van der Waals surface area (Å²) in [5.74, 6) is -0.691. The Kier molecular flexibility index (Phi) is 3.69. The van der Waals surface area contributed by atoms with Gasteiger partial charge in [-0.2, -0.15) is 0 Å². The number of amides is 1. The van der Waals surface area contributed by atoms with E-state index in [1.165, 1.54) is 31.2 Å². The first kappa shape index (κ1) is 15.4. The van der Waals surface area contributed by atoms with Crippen LogP contribution in [0.25, 0.3) is 0 Å². The molecule has 1 unspecified atom stereocenters. The van der Waals surface area contributed by atoms with E-state index < -0.39 is 23.2 Å². The minimum Gasteiger partial charge on any atom is -0.338 e. The molecule has 22 heavy (non-hydrogen) atoms. The van der Waals surface area contributed by atoms with Gasteiger partial charge in [-0.1, -0.05) is 31.4 Å². The third kappa shape index (κ3) is 2.05. The fraction of sp³-hybridized carbons (Fsp3) is 0.647. The summed E-state index contributed by atoms with van der Waals surface area (Å²) >= 11 is 0. The summed E-state index contributed by atoms with van der Waals surface area (Å²) in [6, 6.07) is 0.0538. The molecule has 0 aromatic rings. The van der Waals surface area contributed by atoms with Crippen molar-refractivity contribution in [3.8, 4) is 0 Å². The van der Waals surface area contributed by atoms with Crippen LogP contribution in [0.5, 0.6) is 0 Å².